The maximum absolute atomic E-state index is 12.3. The number of hydrogen-bond acceptors (Lipinski definition) is 5. The molecule has 0 saturated heterocycles. The third-order valence-electron chi connectivity index (χ3n) is 3.96. The molecule has 22 heavy (non-hydrogen) atoms. The summed E-state index contributed by atoms with van der Waals surface area (Å²) < 4.78 is 10.4. The van der Waals surface area contributed by atoms with Gasteiger partial charge >= 0.3 is 11.9 Å². The Hall–Kier alpha value is -2.17. The lowest BCUT2D eigenvalue weighted by Gasteiger charge is -2.33. The van der Waals surface area contributed by atoms with E-state index >= 15 is 0 Å². The molecule has 0 heterocycles. The molecule has 0 atom stereocenters. The summed E-state index contributed by atoms with van der Waals surface area (Å²) in [5, 5.41) is 0. The minimum atomic E-state index is -0.894. The first-order valence-electron chi connectivity index (χ1n) is 7.48. The van der Waals surface area contributed by atoms with Crippen LogP contribution in [0.3, 0.4) is 0 Å². The summed E-state index contributed by atoms with van der Waals surface area (Å²) in [5.74, 6) is -0.723. The van der Waals surface area contributed by atoms with Crippen LogP contribution in [0.5, 0.6) is 0 Å². The van der Waals surface area contributed by atoms with E-state index in [2.05, 4.69) is 0 Å². The van der Waals surface area contributed by atoms with Crippen LogP contribution in [0.2, 0.25) is 0 Å². The van der Waals surface area contributed by atoms with Crippen LogP contribution in [0, 0.1) is 5.41 Å². The Morgan fingerprint density at radius 1 is 1.09 bits per heavy atom. The van der Waals surface area contributed by atoms with Gasteiger partial charge in [0.25, 0.3) is 0 Å². The Morgan fingerprint density at radius 3 is 2.32 bits per heavy atom. The van der Waals surface area contributed by atoms with Crippen molar-refractivity contribution in [3.8, 4) is 0 Å². The highest BCUT2D eigenvalue weighted by atomic mass is 16.6. The van der Waals surface area contributed by atoms with Gasteiger partial charge in [0.1, 0.15) is 17.8 Å². The third-order valence-corrected chi connectivity index (χ3v) is 3.96. The molecule has 1 aliphatic rings. The van der Waals surface area contributed by atoms with Gasteiger partial charge in [0.05, 0.1) is 12.2 Å². The molecule has 0 spiro atoms. The molecule has 0 amide bonds. The minimum absolute atomic E-state index is 0.0488. The monoisotopic (exact) mass is 304 g/mol. The van der Waals surface area contributed by atoms with E-state index < -0.39 is 11.4 Å². The first kappa shape index (κ1) is 16.2. The molecule has 1 saturated carbocycles. The number of hydrogen-bond donors (Lipinski definition) is 0. The molecule has 1 fully saturated rings. The van der Waals surface area contributed by atoms with E-state index in [0.717, 1.165) is 0 Å². The summed E-state index contributed by atoms with van der Waals surface area (Å²) in [4.78, 5) is 35.7. The van der Waals surface area contributed by atoms with Crippen LogP contribution >= 0.6 is 0 Å². The Morgan fingerprint density at radius 2 is 1.73 bits per heavy atom. The first-order valence-corrected chi connectivity index (χ1v) is 7.48. The molecule has 0 N–H and O–H groups in total. The average molecular weight is 304 g/mol. The Kier molecular flexibility index (Phi) is 5.31. The number of esters is 2. The van der Waals surface area contributed by atoms with Crippen molar-refractivity contribution in [1.82, 2.24) is 0 Å². The summed E-state index contributed by atoms with van der Waals surface area (Å²) >= 11 is 0. The second-order valence-electron chi connectivity index (χ2n) is 5.48. The van der Waals surface area contributed by atoms with Crippen molar-refractivity contribution in [3.05, 3.63) is 35.9 Å². The second kappa shape index (κ2) is 7.20. The minimum Gasteiger partial charge on any atom is -0.465 e. The van der Waals surface area contributed by atoms with Crippen molar-refractivity contribution < 1.29 is 23.9 Å². The largest absolute Gasteiger partial charge is 0.465 e. The summed E-state index contributed by atoms with van der Waals surface area (Å²) in [6.07, 6.45) is 1.38. The Balaban J connectivity index is 2.05. The van der Waals surface area contributed by atoms with Gasteiger partial charge in [0, 0.05) is 12.8 Å². The van der Waals surface area contributed by atoms with Crippen LogP contribution in [0.4, 0.5) is 0 Å². The lowest BCUT2D eigenvalue weighted by molar-refractivity contribution is -0.161. The zero-order valence-electron chi connectivity index (χ0n) is 12.7. The van der Waals surface area contributed by atoms with E-state index in [9.17, 15) is 14.4 Å². The van der Waals surface area contributed by atoms with Gasteiger partial charge in [-0.15, -0.1) is 0 Å². The van der Waals surface area contributed by atoms with E-state index in [1.807, 2.05) is 6.07 Å². The van der Waals surface area contributed by atoms with Gasteiger partial charge in [0.2, 0.25) is 0 Å². The molecule has 0 aromatic heterocycles. The van der Waals surface area contributed by atoms with Gasteiger partial charge in [0.15, 0.2) is 0 Å². The molecular formula is C17H20O5. The van der Waals surface area contributed by atoms with Gasteiger partial charge in [-0.05, 0) is 31.9 Å². The van der Waals surface area contributed by atoms with Crippen LogP contribution in [-0.4, -0.2) is 30.9 Å². The Labute approximate surface area is 129 Å². The van der Waals surface area contributed by atoms with Gasteiger partial charge in [-0.3, -0.25) is 9.59 Å². The van der Waals surface area contributed by atoms with Gasteiger partial charge < -0.3 is 9.47 Å². The van der Waals surface area contributed by atoms with E-state index in [4.69, 9.17) is 9.47 Å². The number of ether oxygens (including phenoxy) is 2. The molecule has 1 aromatic carbocycles. The smallest absolute Gasteiger partial charge is 0.338 e. The summed E-state index contributed by atoms with van der Waals surface area (Å²) in [6.45, 7) is 1.95. The van der Waals surface area contributed by atoms with Crippen LogP contribution in [0.15, 0.2) is 30.3 Å². The summed E-state index contributed by atoms with van der Waals surface area (Å²) in [5.41, 5.74) is -0.456. The van der Waals surface area contributed by atoms with Crippen molar-refractivity contribution in [1.29, 1.82) is 0 Å². The van der Waals surface area contributed by atoms with Crippen molar-refractivity contribution in [2.75, 3.05) is 13.2 Å². The second-order valence-corrected chi connectivity index (χ2v) is 5.48. The predicted molar refractivity (Wildman–Crippen MR) is 79.3 cm³/mol. The lowest BCUT2D eigenvalue weighted by atomic mass is 9.74. The molecule has 0 bridgehead atoms. The SMILES string of the molecule is CCOC(=O)C1(COC(=O)c2ccccc2)CCC(=O)CC1. The normalized spacial score (nSPS) is 16.9. The predicted octanol–water partition coefficient (Wildman–Crippen LogP) is 2.54. The number of carbonyl (C=O) groups is 3. The quantitative estimate of drug-likeness (QED) is 0.782. The molecule has 5 heteroatoms. The fraction of sp³-hybridized carbons (Fsp3) is 0.471. The highest BCUT2D eigenvalue weighted by molar-refractivity contribution is 5.90. The first-order chi connectivity index (χ1) is 10.6. The third kappa shape index (κ3) is 3.72. The molecule has 1 aromatic rings. The number of ketones is 1. The maximum Gasteiger partial charge on any atom is 0.338 e. The summed E-state index contributed by atoms with van der Waals surface area (Å²) in [7, 11) is 0. The van der Waals surface area contributed by atoms with E-state index in [-0.39, 0.29) is 25.0 Å². The lowest BCUT2D eigenvalue weighted by Crippen LogP contribution is -2.41. The van der Waals surface area contributed by atoms with Crippen molar-refractivity contribution in [2.45, 2.75) is 32.6 Å². The van der Waals surface area contributed by atoms with Gasteiger partial charge in [-0.2, -0.15) is 0 Å². The fourth-order valence-corrected chi connectivity index (χ4v) is 2.56. The Bertz CT molecular complexity index is 539. The number of benzene rings is 1. The van der Waals surface area contributed by atoms with Crippen LogP contribution in [0.25, 0.3) is 0 Å². The van der Waals surface area contributed by atoms with Crippen LogP contribution < -0.4 is 0 Å². The molecule has 0 unspecified atom stereocenters. The van der Waals surface area contributed by atoms with Crippen molar-refractivity contribution in [3.63, 3.8) is 0 Å². The molecule has 5 nitrogen and oxygen atoms in total. The maximum atomic E-state index is 12.3. The van der Waals surface area contributed by atoms with Crippen LogP contribution in [0.1, 0.15) is 43.0 Å². The van der Waals surface area contributed by atoms with Crippen molar-refractivity contribution >= 4 is 17.7 Å². The average Bonchev–Trinajstić information content (AvgIpc) is 2.55. The zero-order valence-corrected chi connectivity index (χ0v) is 12.7. The zero-order chi connectivity index (χ0) is 16.0. The van der Waals surface area contributed by atoms with E-state index in [1.54, 1.807) is 31.2 Å². The number of Topliss-reactive ketones (excluding diaryl/α,β-unsaturated/α-hetero) is 1. The number of carbonyl (C=O) groups excluding carboxylic acids is 3. The fourth-order valence-electron chi connectivity index (χ4n) is 2.56. The molecule has 1 aliphatic carbocycles. The van der Waals surface area contributed by atoms with E-state index in [0.29, 0.717) is 31.2 Å². The van der Waals surface area contributed by atoms with E-state index in [1.165, 1.54) is 0 Å². The van der Waals surface area contributed by atoms with Gasteiger partial charge in [-0.25, -0.2) is 4.79 Å². The van der Waals surface area contributed by atoms with Gasteiger partial charge in [-0.1, -0.05) is 18.2 Å². The van der Waals surface area contributed by atoms with Crippen molar-refractivity contribution in [2.24, 2.45) is 5.41 Å². The molecule has 0 aliphatic heterocycles. The van der Waals surface area contributed by atoms with Crippen LogP contribution in [-0.2, 0) is 19.1 Å². The molecule has 118 valence electrons. The highest BCUT2D eigenvalue weighted by Gasteiger charge is 2.44. The molecule has 0 radical (unpaired) electrons. The topological polar surface area (TPSA) is 69.7 Å². The highest BCUT2D eigenvalue weighted by Crippen LogP contribution is 2.36. The number of rotatable bonds is 5. The standard InChI is InChI=1S/C17H20O5/c1-2-21-16(20)17(10-8-14(18)9-11-17)12-22-15(19)13-6-4-3-5-7-13/h3-7H,2,8-12H2,1H3. The molecular weight excluding hydrogens is 284 g/mol. The molecule has 2 rings (SSSR count). The summed E-state index contributed by atoms with van der Waals surface area (Å²) in [6, 6.07) is 8.62.